The molecular formula is C40H56O6. The summed E-state index contributed by atoms with van der Waals surface area (Å²) in [4.78, 5) is 13.1. The molecule has 3 fully saturated rings. The van der Waals surface area contributed by atoms with Crippen LogP contribution in [0.3, 0.4) is 0 Å². The number of fused-ring (bicyclic) bond motifs is 1. The van der Waals surface area contributed by atoms with Gasteiger partial charge in [-0.15, -0.1) is 5.73 Å². The molecule has 1 saturated heterocycles. The summed E-state index contributed by atoms with van der Waals surface area (Å²) in [6.45, 7) is 17.5. The minimum absolute atomic E-state index is 0.0732. The molecule has 0 radical (unpaired) electrons. The molecule has 0 aromatic carbocycles. The van der Waals surface area contributed by atoms with Gasteiger partial charge in [-0.2, -0.15) is 0 Å². The number of carbonyl (C=O) groups excluding carboxylic acids is 1. The molecule has 3 aliphatic rings. The van der Waals surface area contributed by atoms with Crippen LogP contribution < -0.4 is 0 Å². The van der Waals surface area contributed by atoms with Gasteiger partial charge >= 0.3 is 0 Å². The fourth-order valence-corrected chi connectivity index (χ4v) is 7.52. The molecule has 0 unspecified atom stereocenters. The molecule has 6 heteroatoms. The van der Waals surface area contributed by atoms with Gasteiger partial charge in [0.2, 0.25) is 0 Å². The van der Waals surface area contributed by atoms with E-state index in [0.29, 0.717) is 36.8 Å². The summed E-state index contributed by atoms with van der Waals surface area (Å²) in [6, 6.07) is 0. The quantitative estimate of drug-likeness (QED) is 0.0838. The van der Waals surface area contributed by atoms with Crippen molar-refractivity contribution in [2.75, 3.05) is 6.61 Å². The maximum absolute atomic E-state index is 13.1. The van der Waals surface area contributed by atoms with Gasteiger partial charge in [-0.25, -0.2) is 0 Å². The maximum Gasteiger partial charge on any atom is 0.161 e. The molecule has 46 heavy (non-hydrogen) atoms. The van der Waals surface area contributed by atoms with Crippen molar-refractivity contribution in [1.82, 2.24) is 0 Å². The highest BCUT2D eigenvalue weighted by Gasteiger charge is 2.76. The molecule has 0 aromatic heterocycles. The lowest BCUT2D eigenvalue weighted by atomic mass is 9.61. The number of aliphatic hydroxyl groups is 4. The van der Waals surface area contributed by atoms with Crippen LogP contribution in [-0.4, -0.2) is 61.8 Å². The highest BCUT2D eigenvalue weighted by atomic mass is 16.6. The van der Waals surface area contributed by atoms with E-state index in [4.69, 9.17) is 4.74 Å². The molecule has 0 spiro atoms. The molecule has 0 aromatic rings. The van der Waals surface area contributed by atoms with Gasteiger partial charge < -0.3 is 25.2 Å². The number of ether oxygens (including phenoxy) is 1. The molecule has 0 bridgehead atoms. The second-order valence-electron chi connectivity index (χ2n) is 15.3. The van der Waals surface area contributed by atoms with Gasteiger partial charge in [-0.3, -0.25) is 4.79 Å². The molecule has 0 amide bonds. The lowest BCUT2D eigenvalue weighted by molar-refractivity contribution is -0.118. The van der Waals surface area contributed by atoms with E-state index in [1.165, 1.54) is 0 Å². The fourth-order valence-electron chi connectivity index (χ4n) is 7.52. The Balaban J connectivity index is 1.56. The van der Waals surface area contributed by atoms with Crippen molar-refractivity contribution in [1.29, 1.82) is 0 Å². The second kappa shape index (κ2) is 14.5. The number of carbonyl (C=O) groups is 1. The molecule has 5 atom stereocenters. The Bertz CT molecular complexity index is 1420. The van der Waals surface area contributed by atoms with Crippen LogP contribution >= 0.6 is 0 Å². The fraction of sp³-hybridized carbons (Fsp3) is 0.550. The van der Waals surface area contributed by atoms with E-state index in [1.54, 1.807) is 13.0 Å². The highest BCUT2D eigenvalue weighted by Crippen LogP contribution is 2.67. The van der Waals surface area contributed by atoms with E-state index in [-0.39, 0.29) is 24.2 Å². The number of Topliss-reactive ketones (excluding diaryl/α,β-unsaturated/α-hetero) is 1. The van der Waals surface area contributed by atoms with Crippen LogP contribution in [0, 0.1) is 10.8 Å². The Kier molecular flexibility index (Phi) is 11.9. The van der Waals surface area contributed by atoms with E-state index in [0.717, 1.165) is 16.7 Å². The SMILES string of the molecule is CC(/C=C\C=C(\C=C=C1C(C)(C)C[C@H](O)C[C@@]1(C)O)CO)=C\C=C\C=C(C)\C=C\C=C(/C)C(=O)C[C@@]12O[C@]1(C)C[C@@H](O)CC2(C)C. The third kappa shape index (κ3) is 8.95. The summed E-state index contributed by atoms with van der Waals surface area (Å²) in [5, 5.41) is 41.1. The zero-order valence-corrected chi connectivity index (χ0v) is 29.4. The van der Waals surface area contributed by atoms with E-state index >= 15 is 0 Å². The van der Waals surface area contributed by atoms with Crippen molar-refractivity contribution < 1.29 is 30.0 Å². The van der Waals surface area contributed by atoms with Crippen LogP contribution in [0.25, 0.3) is 0 Å². The zero-order valence-electron chi connectivity index (χ0n) is 29.4. The predicted octanol–water partition coefficient (Wildman–Crippen LogP) is 7.09. The molecule has 6 nitrogen and oxygen atoms in total. The van der Waals surface area contributed by atoms with Crippen LogP contribution in [-0.2, 0) is 9.53 Å². The van der Waals surface area contributed by atoms with Crippen molar-refractivity contribution in [2.45, 2.75) is 123 Å². The number of hydrogen-bond donors (Lipinski definition) is 4. The summed E-state index contributed by atoms with van der Waals surface area (Å²) in [7, 11) is 0. The summed E-state index contributed by atoms with van der Waals surface area (Å²) in [5.74, 6) is 0.0732. The standard InChI is InChI=1S/C40H56O6/c1-28(16-12-18-30(3)34(44)26-40-37(6,7)23-33(43)25-39(40,9)46-40)14-10-11-15-29(2)17-13-19-31(27-41)20-21-35-36(4,5)22-32(42)24-38(35,8)45/h10-20,32-33,41-43,45H,22-27H2,1-9H3/b11-10+,16-12+,17-13-,28-14+,29-15+,30-18+,31-19-/t21?,32-,33-,38+,39+,40-/m0/s1. The van der Waals surface area contributed by atoms with Gasteiger partial charge in [0.05, 0.1) is 30.0 Å². The van der Waals surface area contributed by atoms with E-state index < -0.39 is 34.4 Å². The smallest absolute Gasteiger partial charge is 0.161 e. The first-order valence-electron chi connectivity index (χ1n) is 16.4. The number of ketones is 1. The first kappa shape index (κ1) is 37.6. The average Bonchev–Trinajstić information content (AvgIpc) is 3.52. The lowest BCUT2D eigenvalue weighted by Gasteiger charge is -2.43. The first-order valence-corrected chi connectivity index (χ1v) is 16.4. The summed E-state index contributed by atoms with van der Waals surface area (Å²) < 4.78 is 6.17. The Morgan fingerprint density at radius 1 is 0.826 bits per heavy atom. The molecule has 1 aliphatic heterocycles. The lowest BCUT2D eigenvalue weighted by Crippen LogP contribution is -2.48. The number of rotatable bonds is 11. The van der Waals surface area contributed by atoms with Crippen molar-refractivity contribution in [2.24, 2.45) is 10.8 Å². The normalized spacial score (nSPS) is 33.5. The Morgan fingerprint density at radius 2 is 1.39 bits per heavy atom. The third-order valence-corrected chi connectivity index (χ3v) is 9.91. The zero-order chi connectivity index (χ0) is 34.6. The van der Waals surface area contributed by atoms with E-state index in [9.17, 15) is 25.2 Å². The van der Waals surface area contributed by atoms with Gasteiger partial charge in [0, 0.05) is 24.8 Å². The summed E-state index contributed by atoms with van der Waals surface area (Å²) in [6.07, 6.45) is 22.4. The molecule has 2 aliphatic carbocycles. The predicted molar refractivity (Wildman–Crippen MR) is 186 cm³/mol. The molecule has 4 N–H and O–H groups in total. The Hall–Kier alpha value is -2.83. The summed E-state index contributed by atoms with van der Waals surface area (Å²) >= 11 is 0. The van der Waals surface area contributed by atoms with Gasteiger partial charge in [-0.1, -0.05) is 99.6 Å². The number of aliphatic hydroxyl groups excluding tert-OH is 3. The van der Waals surface area contributed by atoms with Crippen molar-refractivity contribution in [3.8, 4) is 0 Å². The minimum atomic E-state index is -1.15. The van der Waals surface area contributed by atoms with Crippen LogP contribution in [0.4, 0.5) is 0 Å². The van der Waals surface area contributed by atoms with Crippen LogP contribution in [0.15, 0.2) is 100 Å². The maximum atomic E-state index is 13.1. The van der Waals surface area contributed by atoms with E-state index in [1.807, 2.05) is 102 Å². The van der Waals surface area contributed by atoms with Gasteiger partial charge in [0.1, 0.15) is 5.60 Å². The largest absolute Gasteiger partial charge is 0.393 e. The second-order valence-corrected chi connectivity index (χ2v) is 15.3. The molecule has 2 saturated carbocycles. The number of hydrogen-bond acceptors (Lipinski definition) is 6. The number of epoxide rings is 1. The molecule has 3 rings (SSSR count). The minimum Gasteiger partial charge on any atom is -0.393 e. The molecule has 252 valence electrons. The topological polar surface area (TPSA) is 111 Å². The third-order valence-electron chi connectivity index (χ3n) is 9.91. The molecule has 1 heterocycles. The van der Waals surface area contributed by atoms with Crippen molar-refractivity contribution in [3.05, 3.63) is 100 Å². The Morgan fingerprint density at radius 3 is 1.93 bits per heavy atom. The van der Waals surface area contributed by atoms with Crippen molar-refractivity contribution >= 4 is 5.78 Å². The van der Waals surface area contributed by atoms with Gasteiger partial charge in [-0.05, 0) is 75.5 Å². The number of allylic oxidation sites excluding steroid dienone is 13. The first-order chi connectivity index (χ1) is 21.3. The monoisotopic (exact) mass is 632 g/mol. The molecular weight excluding hydrogens is 576 g/mol. The Labute approximate surface area is 276 Å². The van der Waals surface area contributed by atoms with Gasteiger partial charge in [0.15, 0.2) is 5.78 Å². The highest BCUT2D eigenvalue weighted by molar-refractivity contribution is 5.96. The van der Waals surface area contributed by atoms with Crippen molar-refractivity contribution in [3.63, 3.8) is 0 Å². The summed E-state index contributed by atoms with van der Waals surface area (Å²) in [5.41, 5.74) is 4.60. The van der Waals surface area contributed by atoms with Crippen LogP contribution in [0.2, 0.25) is 0 Å². The average molecular weight is 633 g/mol. The van der Waals surface area contributed by atoms with Crippen LogP contribution in [0.1, 0.15) is 94.4 Å². The van der Waals surface area contributed by atoms with Crippen LogP contribution in [0.5, 0.6) is 0 Å². The van der Waals surface area contributed by atoms with E-state index in [2.05, 4.69) is 19.6 Å². The van der Waals surface area contributed by atoms with Gasteiger partial charge in [0.25, 0.3) is 0 Å².